The van der Waals surface area contributed by atoms with Gasteiger partial charge < -0.3 is 9.64 Å². The topological polar surface area (TPSA) is 73.1 Å². The molecule has 0 radical (unpaired) electrons. The zero-order chi connectivity index (χ0) is 14.8. The van der Waals surface area contributed by atoms with E-state index in [4.69, 9.17) is 4.74 Å². The molecule has 2 aromatic rings. The first-order valence-corrected chi connectivity index (χ1v) is 6.77. The summed E-state index contributed by atoms with van der Waals surface area (Å²) in [5.41, 5.74) is 2.47. The average molecular weight is 287 g/mol. The fourth-order valence-corrected chi connectivity index (χ4v) is 2.78. The Hall–Kier alpha value is -2.28. The standard InChI is InChI=1S/C14H17N5O2/c1-18-13-11(9-21-2)7-19(8-12(13)16-17-18)14(20)10-4-3-5-15-6-10/h3-6,11H,7-9H2,1-2H3/t11-/m0/s1. The van der Waals surface area contributed by atoms with Crippen LogP contribution in [0, 0.1) is 0 Å². The number of methoxy groups -OCH3 is 1. The predicted octanol–water partition coefficient (Wildman–Crippen LogP) is 0.596. The number of hydrogen-bond donors (Lipinski definition) is 0. The highest BCUT2D eigenvalue weighted by Gasteiger charge is 2.32. The molecule has 3 rings (SSSR count). The van der Waals surface area contributed by atoms with Crippen molar-refractivity contribution in [3.05, 3.63) is 41.5 Å². The molecule has 0 aliphatic carbocycles. The summed E-state index contributed by atoms with van der Waals surface area (Å²) in [5, 5.41) is 8.22. The number of fused-ring (bicyclic) bond motifs is 1. The number of carbonyl (C=O) groups excluding carboxylic acids is 1. The number of rotatable bonds is 3. The molecular formula is C14H17N5O2. The molecular weight excluding hydrogens is 270 g/mol. The van der Waals surface area contributed by atoms with Crippen molar-refractivity contribution in [1.29, 1.82) is 0 Å². The van der Waals surface area contributed by atoms with Crippen LogP contribution in [0.25, 0.3) is 0 Å². The monoisotopic (exact) mass is 287 g/mol. The Kier molecular flexibility index (Phi) is 3.66. The van der Waals surface area contributed by atoms with Crippen molar-refractivity contribution in [2.75, 3.05) is 20.3 Å². The normalized spacial score (nSPS) is 17.6. The van der Waals surface area contributed by atoms with Gasteiger partial charge in [-0.3, -0.25) is 14.5 Å². The maximum atomic E-state index is 12.6. The van der Waals surface area contributed by atoms with Crippen LogP contribution in [0.1, 0.15) is 27.7 Å². The Morgan fingerprint density at radius 1 is 1.52 bits per heavy atom. The van der Waals surface area contributed by atoms with Crippen LogP contribution in [-0.4, -0.2) is 51.0 Å². The lowest BCUT2D eigenvalue weighted by Gasteiger charge is -2.31. The van der Waals surface area contributed by atoms with E-state index in [0.717, 1.165) is 11.4 Å². The number of aromatic nitrogens is 4. The molecule has 2 aromatic heterocycles. The summed E-state index contributed by atoms with van der Waals surface area (Å²) in [6, 6.07) is 3.53. The summed E-state index contributed by atoms with van der Waals surface area (Å²) >= 11 is 0. The minimum absolute atomic E-state index is 0.0412. The van der Waals surface area contributed by atoms with Crippen molar-refractivity contribution in [3.8, 4) is 0 Å². The van der Waals surface area contributed by atoms with Gasteiger partial charge in [0.05, 0.1) is 24.4 Å². The van der Waals surface area contributed by atoms with Gasteiger partial charge in [-0.1, -0.05) is 5.21 Å². The van der Waals surface area contributed by atoms with Crippen molar-refractivity contribution in [3.63, 3.8) is 0 Å². The van der Waals surface area contributed by atoms with Gasteiger partial charge in [0.25, 0.3) is 5.91 Å². The van der Waals surface area contributed by atoms with Gasteiger partial charge in [-0.05, 0) is 12.1 Å². The van der Waals surface area contributed by atoms with Gasteiger partial charge in [0.1, 0.15) is 5.69 Å². The maximum Gasteiger partial charge on any atom is 0.255 e. The zero-order valence-corrected chi connectivity index (χ0v) is 12.1. The fourth-order valence-electron chi connectivity index (χ4n) is 2.78. The number of pyridine rings is 1. The van der Waals surface area contributed by atoms with Crippen molar-refractivity contribution in [2.24, 2.45) is 7.05 Å². The first kappa shape index (κ1) is 13.7. The molecule has 3 heterocycles. The summed E-state index contributed by atoms with van der Waals surface area (Å²) in [4.78, 5) is 18.3. The molecule has 1 aliphatic heterocycles. The van der Waals surface area contributed by atoms with Crippen molar-refractivity contribution < 1.29 is 9.53 Å². The molecule has 7 heteroatoms. The van der Waals surface area contributed by atoms with E-state index in [1.807, 2.05) is 7.05 Å². The van der Waals surface area contributed by atoms with Crippen LogP contribution in [0.4, 0.5) is 0 Å². The first-order chi connectivity index (χ1) is 10.2. The van der Waals surface area contributed by atoms with E-state index < -0.39 is 0 Å². The van der Waals surface area contributed by atoms with Crippen LogP contribution in [0.2, 0.25) is 0 Å². The summed E-state index contributed by atoms with van der Waals surface area (Å²) in [6.07, 6.45) is 3.24. The number of amides is 1. The van der Waals surface area contributed by atoms with E-state index in [-0.39, 0.29) is 11.8 Å². The Balaban J connectivity index is 1.88. The molecule has 0 saturated heterocycles. The lowest BCUT2D eigenvalue weighted by Crippen LogP contribution is -2.40. The van der Waals surface area contributed by atoms with E-state index in [9.17, 15) is 4.79 Å². The number of hydrogen-bond acceptors (Lipinski definition) is 5. The molecule has 21 heavy (non-hydrogen) atoms. The van der Waals surface area contributed by atoms with Gasteiger partial charge in [0.2, 0.25) is 0 Å². The molecule has 0 bridgehead atoms. The average Bonchev–Trinajstić information content (AvgIpc) is 2.89. The van der Waals surface area contributed by atoms with Crippen LogP contribution in [0.5, 0.6) is 0 Å². The third kappa shape index (κ3) is 2.52. The van der Waals surface area contributed by atoms with Gasteiger partial charge in [-0.15, -0.1) is 5.10 Å². The molecule has 0 unspecified atom stereocenters. The first-order valence-electron chi connectivity index (χ1n) is 6.77. The second-order valence-electron chi connectivity index (χ2n) is 5.12. The van der Waals surface area contributed by atoms with Crippen LogP contribution in [0.15, 0.2) is 24.5 Å². The van der Waals surface area contributed by atoms with Crippen LogP contribution in [0.3, 0.4) is 0 Å². The molecule has 110 valence electrons. The summed E-state index contributed by atoms with van der Waals surface area (Å²) in [7, 11) is 3.53. The number of carbonyl (C=O) groups is 1. The van der Waals surface area contributed by atoms with Crippen LogP contribution >= 0.6 is 0 Å². The van der Waals surface area contributed by atoms with Crippen molar-refractivity contribution in [1.82, 2.24) is 24.9 Å². The molecule has 1 atom stereocenters. The molecule has 0 aromatic carbocycles. The van der Waals surface area contributed by atoms with Gasteiger partial charge in [0, 0.05) is 39.0 Å². The van der Waals surface area contributed by atoms with Crippen molar-refractivity contribution in [2.45, 2.75) is 12.5 Å². The smallest absolute Gasteiger partial charge is 0.255 e. The molecule has 0 N–H and O–H groups in total. The van der Waals surface area contributed by atoms with E-state index in [1.54, 1.807) is 41.2 Å². The largest absolute Gasteiger partial charge is 0.384 e. The minimum Gasteiger partial charge on any atom is -0.384 e. The maximum absolute atomic E-state index is 12.6. The zero-order valence-electron chi connectivity index (χ0n) is 12.1. The van der Waals surface area contributed by atoms with Crippen molar-refractivity contribution >= 4 is 5.91 Å². The summed E-state index contributed by atoms with van der Waals surface area (Å²) in [5.74, 6) is 0.0416. The lowest BCUT2D eigenvalue weighted by atomic mass is 9.98. The molecule has 1 amide bonds. The predicted molar refractivity (Wildman–Crippen MR) is 74.6 cm³/mol. The quantitative estimate of drug-likeness (QED) is 0.826. The number of ether oxygens (including phenoxy) is 1. The van der Waals surface area contributed by atoms with Crippen LogP contribution in [-0.2, 0) is 18.3 Å². The Morgan fingerprint density at radius 2 is 2.38 bits per heavy atom. The highest BCUT2D eigenvalue weighted by Crippen LogP contribution is 2.27. The third-order valence-corrected chi connectivity index (χ3v) is 3.68. The lowest BCUT2D eigenvalue weighted by molar-refractivity contribution is 0.0672. The van der Waals surface area contributed by atoms with Crippen LogP contribution < -0.4 is 0 Å². The summed E-state index contributed by atoms with van der Waals surface area (Å²) < 4.78 is 7.05. The van der Waals surface area contributed by atoms with Gasteiger partial charge in [0.15, 0.2) is 0 Å². The van der Waals surface area contributed by atoms with E-state index >= 15 is 0 Å². The Labute approximate surface area is 122 Å². The van der Waals surface area contributed by atoms with E-state index in [1.165, 1.54) is 0 Å². The van der Waals surface area contributed by atoms with E-state index in [0.29, 0.717) is 25.3 Å². The second-order valence-corrected chi connectivity index (χ2v) is 5.12. The minimum atomic E-state index is -0.0412. The SMILES string of the molecule is COC[C@@H]1CN(C(=O)c2cccnc2)Cc2nnn(C)c21. The third-order valence-electron chi connectivity index (χ3n) is 3.68. The second kappa shape index (κ2) is 5.61. The number of aryl methyl sites for hydroxylation is 1. The molecule has 7 nitrogen and oxygen atoms in total. The molecule has 0 fully saturated rings. The summed E-state index contributed by atoms with van der Waals surface area (Å²) in [6.45, 7) is 1.60. The highest BCUT2D eigenvalue weighted by atomic mass is 16.5. The Bertz CT molecular complexity index is 640. The molecule has 0 spiro atoms. The Morgan fingerprint density at radius 3 is 3.10 bits per heavy atom. The molecule has 0 saturated carbocycles. The van der Waals surface area contributed by atoms with Gasteiger partial charge in [-0.25, -0.2) is 0 Å². The van der Waals surface area contributed by atoms with Gasteiger partial charge >= 0.3 is 0 Å². The van der Waals surface area contributed by atoms with Gasteiger partial charge in [-0.2, -0.15) is 0 Å². The highest BCUT2D eigenvalue weighted by molar-refractivity contribution is 5.94. The molecule has 1 aliphatic rings. The fraction of sp³-hybridized carbons (Fsp3) is 0.429. The number of nitrogens with zero attached hydrogens (tertiary/aromatic N) is 5. The van der Waals surface area contributed by atoms with E-state index in [2.05, 4.69) is 15.3 Å².